The molecule has 1 heteroatoms. The van der Waals surface area contributed by atoms with Gasteiger partial charge in [-0.3, -0.25) is 0 Å². The summed E-state index contributed by atoms with van der Waals surface area (Å²) in [5.41, 5.74) is 2.64. The second kappa shape index (κ2) is 12.5. The lowest BCUT2D eigenvalue weighted by Crippen LogP contribution is -2.14. The lowest BCUT2D eigenvalue weighted by Gasteiger charge is -2.09. The lowest BCUT2D eigenvalue weighted by molar-refractivity contribution is 0.566. The van der Waals surface area contributed by atoms with Crippen LogP contribution in [0.1, 0.15) is 77.2 Å². The maximum absolute atomic E-state index is 3.59. The fourth-order valence-corrected chi connectivity index (χ4v) is 2.54. The fourth-order valence-electron chi connectivity index (χ4n) is 2.54. The van der Waals surface area contributed by atoms with Crippen molar-refractivity contribution in [3.8, 4) is 0 Å². The Morgan fingerprint density at radius 2 is 1.48 bits per heavy atom. The number of benzene rings is 1. The Hall–Kier alpha value is -1.24. The van der Waals surface area contributed by atoms with Crippen molar-refractivity contribution in [1.29, 1.82) is 0 Å². The summed E-state index contributed by atoms with van der Waals surface area (Å²) in [7, 11) is 0. The van der Waals surface area contributed by atoms with E-state index in [2.05, 4.69) is 55.6 Å². The van der Waals surface area contributed by atoms with Crippen LogP contribution < -0.4 is 5.32 Å². The zero-order valence-corrected chi connectivity index (χ0v) is 14.0. The van der Waals surface area contributed by atoms with Crippen LogP contribution in [0.5, 0.6) is 0 Å². The smallest absolute Gasteiger partial charge is 0.0143 e. The number of hydrogen-bond donors (Lipinski definition) is 1. The summed E-state index contributed by atoms with van der Waals surface area (Å²) in [6.45, 7) is 5.61. The summed E-state index contributed by atoms with van der Waals surface area (Å²) in [5, 5.41) is 3.59. The zero-order valence-electron chi connectivity index (χ0n) is 14.0. The van der Waals surface area contributed by atoms with E-state index in [0.29, 0.717) is 0 Å². The highest BCUT2D eigenvalue weighted by Gasteiger charge is 1.95. The van der Waals surface area contributed by atoms with Gasteiger partial charge in [0.2, 0.25) is 0 Å². The predicted octanol–water partition coefficient (Wildman–Crippen LogP) is 6.17. The molecular weight excluding hydrogens is 254 g/mol. The molecule has 1 aromatic rings. The van der Waals surface area contributed by atoms with Crippen LogP contribution in [0.2, 0.25) is 0 Å². The normalized spacial score (nSPS) is 11.6. The number of unbranched alkanes of at least 4 members (excludes halogenated alkanes) is 7. The lowest BCUT2D eigenvalue weighted by atomic mass is 10.1. The molecule has 0 bridgehead atoms. The van der Waals surface area contributed by atoms with Crippen LogP contribution in [0.3, 0.4) is 0 Å². The first-order valence-electron chi connectivity index (χ1n) is 8.86. The van der Waals surface area contributed by atoms with Gasteiger partial charge in [-0.15, -0.1) is 0 Å². The minimum Gasteiger partial charge on any atom is -0.388 e. The third-order valence-electron chi connectivity index (χ3n) is 3.90. The van der Waals surface area contributed by atoms with Crippen molar-refractivity contribution in [3.63, 3.8) is 0 Å². The highest BCUT2D eigenvalue weighted by atomic mass is 14.9. The quantitative estimate of drug-likeness (QED) is 0.453. The molecule has 0 heterocycles. The Morgan fingerprint density at radius 1 is 0.857 bits per heavy atom. The molecule has 1 rings (SSSR count). The van der Waals surface area contributed by atoms with Crippen molar-refractivity contribution in [3.05, 3.63) is 41.6 Å². The maximum Gasteiger partial charge on any atom is 0.0143 e. The van der Waals surface area contributed by atoms with Crippen LogP contribution in [-0.2, 0) is 0 Å². The van der Waals surface area contributed by atoms with Crippen molar-refractivity contribution < 1.29 is 0 Å². The van der Waals surface area contributed by atoms with Gasteiger partial charge in [0, 0.05) is 12.2 Å². The highest BCUT2D eigenvalue weighted by Crippen LogP contribution is 2.09. The van der Waals surface area contributed by atoms with E-state index in [9.17, 15) is 0 Å². The topological polar surface area (TPSA) is 12.0 Å². The van der Waals surface area contributed by atoms with E-state index in [4.69, 9.17) is 0 Å². The monoisotopic (exact) mass is 287 g/mol. The van der Waals surface area contributed by atoms with Gasteiger partial charge in [0.1, 0.15) is 0 Å². The van der Waals surface area contributed by atoms with Crippen molar-refractivity contribution in [2.24, 2.45) is 0 Å². The summed E-state index contributed by atoms with van der Waals surface area (Å²) in [5.74, 6) is 0. The van der Waals surface area contributed by atoms with Gasteiger partial charge in [-0.2, -0.15) is 0 Å². The molecule has 0 aliphatic rings. The third-order valence-corrected chi connectivity index (χ3v) is 3.90. The van der Waals surface area contributed by atoms with Gasteiger partial charge >= 0.3 is 0 Å². The first kappa shape index (κ1) is 17.8. The first-order valence-corrected chi connectivity index (χ1v) is 8.86. The number of nitrogens with one attached hydrogen (secondary N) is 1. The van der Waals surface area contributed by atoms with Crippen LogP contribution in [0.15, 0.2) is 36.0 Å². The van der Waals surface area contributed by atoms with Gasteiger partial charge in [0.05, 0.1) is 0 Å². The molecule has 0 aliphatic carbocycles. The van der Waals surface area contributed by atoms with Crippen molar-refractivity contribution in [1.82, 2.24) is 5.32 Å². The van der Waals surface area contributed by atoms with Crippen LogP contribution >= 0.6 is 0 Å². The predicted molar refractivity (Wildman–Crippen MR) is 95.3 cm³/mol. The molecule has 21 heavy (non-hydrogen) atoms. The molecule has 0 amide bonds. The molecule has 0 aliphatic heterocycles. The van der Waals surface area contributed by atoms with E-state index in [1.807, 2.05) is 0 Å². The molecular formula is C20H33N. The van der Waals surface area contributed by atoms with Crippen LogP contribution in [0.25, 0.3) is 6.08 Å². The molecule has 0 saturated carbocycles. The summed E-state index contributed by atoms with van der Waals surface area (Å²) in [6.07, 6.45) is 14.4. The van der Waals surface area contributed by atoms with E-state index in [-0.39, 0.29) is 0 Å². The Balaban J connectivity index is 2.09. The molecule has 0 radical (unpaired) electrons. The average molecular weight is 287 g/mol. The van der Waals surface area contributed by atoms with E-state index in [0.717, 1.165) is 13.0 Å². The molecule has 1 nitrogen and oxygen atoms in total. The van der Waals surface area contributed by atoms with E-state index >= 15 is 0 Å². The van der Waals surface area contributed by atoms with Gasteiger partial charge in [-0.1, -0.05) is 89.1 Å². The minimum absolute atomic E-state index is 1.08. The minimum atomic E-state index is 1.08. The molecule has 0 aromatic heterocycles. The highest BCUT2D eigenvalue weighted by molar-refractivity contribution is 5.51. The SMILES string of the molecule is CCCCCCCCCCNC(=Cc1ccccc1)CC. The van der Waals surface area contributed by atoms with Gasteiger partial charge in [-0.05, 0) is 24.5 Å². The zero-order chi connectivity index (χ0) is 15.2. The largest absolute Gasteiger partial charge is 0.388 e. The Kier molecular flexibility index (Phi) is 10.6. The summed E-state index contributed by atoms with van der Waals surface area (Å²) in [6, 6.07) is 10.6. The van der Waals surface area contributed by atoms with Gasteiger partial charge in [0.25, 0.3) is 0 Å². The molecule has 118 valence electrons. The van der Waals surface area contributed by atoms with Crippen LogP contribution in [-0.4, -0.2) is 6.54 Å². The first-order chi connectivity index (χ1) is 10.4. The third kappa shape index (κ3) is 9.33. The molecule has 0 atom stereocenters. The van der Waals surface area contributed by atoms with Crippen LogP contribution in [0.4, 0.5) is 0 Å². The van der Waals surface area contributed by atoms with Crippen molar-refractivity contribution in [2.75, 3.05) is 6.54 Å². The van der Waals surface area contributed by atoms with Gasteiger partial charge < -0.3 is 5.32 Å². The van der Waals surface area contributed by atoms with E-state index in [1.165, 1.54) is 62.6 Å². The second-order valence-corrected chi connectivity index (χ2v) is 5.84. The van der Waals surface area contributed by atoms with E-state index < -0.39 is 0 Å². The molecule has 0 spiro atoms. The fraction of sp³-hybridized carbons (Fsp3) is 0.600. The molecule has 1 N–H and O–H groups in total. The Labute approximate surface area is 131 Å². The summed E-state index contributed by atoms with van der Waals surface area (Å²) >= 11 is 0. The molecule has 1 aromatic carbocycles. The number of hydrogen-bond acceptors (Lipinski definition) is 1. The van der Waals surface area contributed by atoms with Crippen LogP contribution in [0, 0.1) is 0 Å². The molecule has 0 fully saturated rings. The average Bonchev–Trinajstić information content (AvgIpc) is 2.53. The van der Waals surface area contributed by atoms with E-state index in [1.54, 1.807) is 0 Å². The maximum atomic E-state index is 3.59. The summed E-state index contributed by atoms with van der Waals surface area (Å²) < 4.78 is 0. The molecule has 0 saturated heterocycles. The standard InChI is InChI=1S/C20H33N/c1-3-5-6-7-8-9-10-14-17-21-20(4-2)18-19-15-12-11-13-16-19/h11-13,15-16,18,21H,3-10,14,17H2,1-2H3. The molecule has 0 unspecified atom stereocenters. The number of rotatable bonds is 12. The van der Waals surface area contributed by atoms with Crippen molar-refractivity contribution >= 4 is 6.08 Å². The Morgan fingerprint density at radius 3 is 2.10 bits per heavy atom. The van der Waals surface area contributed by atoms with Crippen molar-refractivity contribution in [2.45, 2.75) is 71.6 Å². The number of allylic oxidation sites excluding steroid dienone is 1. The second-order valence-electron chi connectivity index (χ2n) is 5.84. The van der Waals surface area contributed by atoms with Gasteiger partial charge in [-0.25, -0.2) is 0 Å². The Bertz CT molecular complexity index is 367. The van der Waals surface area contributed by atoms with Gasteiger partial charge in [0.15, 0.2) is 0 Å². The summed E-state index contributed by atoms with van der Waals surface area (Å²) in [4.78, 5) is 0.